The highest BCUT2D eigenvalue weighted by atomic mass is 19.3. The average molecular weight is 414 g/mol. The van der Waals surface area contributed by atoms with Gasteiger partial charge in [0.25, 0.3) is 5.91 Å². The lowest BCUT2D eigenvalue weighted by atomic mass is 9.95. The Balaban J connectivity index is 2.09. The number of rotatable bonds is 10. The number of alkyl halides is 2. The van der Waals surface area contributed by atoms with E-state index in [1.54, 1.807) is 25.2 Å². The second-order valence-electron chi connectivity index (χ2n) is 6.78. The molecule has 0 radical (unpaired) electrons. The first-order chi connectivity index (χ1) is 14.0. The number of carbonyl (C=O) groups excluding carboxylic acids is 2. The van der Waals surface area contributed by atoms with Gasteiger partial charge >= 0.3 is 6.61 Å². The quantitative estimate of drug-likeness (QED) is 0.588. The zero-order valence-electron chi connectivity index (χ0n) is 16.8. The molecule has 0 spiro atoms. The molecule has 1 aliphatic heterocycles. The first-order valence-corrected chi connectivity index (χ1v) is 9.57. The molecule has 1 atom stereocenters. The van der Waals surface area contributed by atoms with E-state index in [9.17, 15) is 18.4 Å². The molecule has 1 heterocycles. The Morgan fingerprint density at radius 3 is 2.45 bits per heavy atom. The lowest BCUT2D eigenvalue weighted by Crippen LogP contribution is -2.48. The maximum Gasteiger partial charge on any atom is 0.387 e. The van der Waals surface area contributed by atoms with Crippen LogP contribution in [-0.4, -0.2) is 81.8 Å². The van der Waals surface area contributed by atoms with Gasteiger partial charge in [0.05, 0.1) is 24.7 Å². The van der Waals surface area contributed by atoms with Crippen LogP contribution in [0.5, 0.6) is 5.75 Å². The van der Waals surface area contributed by atoms with Gasteiger partial charge in [-0.05, 0) is 25.0 Å². The van der Waals surface area contributed by atoms with Crippen LogP contribution in [0, 0.1) is 5.92 Å². The Morgan fingerprint density at radius 2 is 1.83 bits per heavy atom. The number of hydrogen-bond donors (Lipinski definition) is 0. The van der Waals surface area contributed by atoms with Crippen LogP contribution in [0.1, 0.15) is 23.2 Å². The van der Waals surface area contributed by atoms with Gasteiger partial charge in [0.1, 0.15) is 5.75 Å². The van der Waals surface area contributed by atoms with E-state index in [1.165, 1.54) is 23.1 Å². The van der Waals surface area contributed by atoms with E-state index in [2.05, 4.69) is 4.74 Å². The van der Waals surface area contributed by atoms with Gasteiger partial charge in [-0.2, -0.15) is 8.78 Å². The minimum absolute atomic E-state index is 0.0614. The van der Waals surface area contributed by atoms with E-state index in [-0.39, 0.29) is 29.7 Å². The van der Waals surface area contributed by atoms with Crippen molar-refractivity contribution in [1.29, 1.82) is 0 Å². The number of ether oxygens (including phenoxy) is 3. The predicted octanol–water partition coefficient (Wildman–Crippen LogP) is 2.26. The zero-order chi connectivity index (χ0) is 21.2. The van der Waals surface area contributed by atoms with Gasteiger partial charge in [0, 0.05) is 40.4 Å². The summed E-state index contributed by atoms with van der Waals surface area (Å²) in [4.78, 5) is 29.1. The van der Waals surface area contributed by atoms with E-state index in [0.717, 1.165) is 0 Å². The van der Waals surface area contributed by atoms with Crippen molar-refractivity contribution in [3.05, 3.63) is 29.8 Å². The van der Waals surface area contributed by atoms with Crippen LogP contribution < -0.4 is 4.74 Å². The molecule has 2 amide bonds. The maximum atomic E-state index is 13.0. The van der Waals surface area contributed by atoms with E-state index in [1.807, 2.05) is 0 Å². The third-order valence-corrected chi connectivity index (χ3v) is 4.83. The number of hydrogen-bond acceptors (Lipinski definition) is 5. The van der Waals surface area contributed by atoms with Crippen LogP contribution in [0.2, 0.25) is 0 Å². The van der Waals surface area contributed by atoms with Crippen LogP contribution in [0.4, 0.5) is 8.78 Å². The van der Waals surface area contributed by atoms with Gasteiger partial charge < -0.3 is 24.0 Å². The van der Waals surface area contributed by atoms with Crippen molar-refractivity contribution in [2.24, 2.45) is 5.92 Å². The van der Waals surface area contributed by atoms with Crippen molar-refractivity contribution < 1.29 is 32.6 Å². The number of likely N-dealkylation sites (tertiary alicyclic amines) is 1. The Bertz CT molecular complexity index is 666. The molecule has 2 rings (SSSR count). The molecule has 0 N–H and O–H groups in total. The first kappa shape index (κ1) is 23.0. The Kier molecular flexibility index (Phi) is 9.27. The molecular formula is C20H28F2N2O5. The van der Waals surface area contributed by atoms with Crippen LogP contribution in [-0.2, 0) is 14.3 Å². The summed E-state index contributed by atoms with van der Waals surface area (Å²) in [6, 6.07) is 5.91. The molecule has 1 fully saturated rings. The average Bonchev–Trinajstić information content (AvgIpc) is 2.73. The SMILES string of the molecule is COCCN(CCOC)C(=O)C1CCCN(C(=O)c2ccccc2OC(F)F)C1. The number of carbonyl (C=O) groups is 2. The topological polar surface area (TPSA) is 68.3 Å². The summed E-state index contributed by atoms with van der Waals surface area (Å²) in [6.45, 7) is -0.636. The lowest BCUT2D eigenvalue weighted by molar-refractivity contribution is -0.138. The van der Waals surface area contributed by atoms with Gasteiger partial charge in [-0.1, -0.05) is 12.1 Å². The number of amides is 2. The van der Waals surface area contributed by atoms with E-state index in [0.29, 0.717) is 45.7 Å². The molecule has 162 valence electrons. The molecule has 0 aromatic heterocycles. The van der Waals surface area contributed by atoms with Crippen molar-refractivity contribution in [2.75, 3.05) is 53.6 Å². The number of methoxy groups -OCH3 is 2. The zero-order valence-corrected chi connectivity index (χ0v) is 16.8. The highest BCUT2D eigenvalue weighted by Gasteiger charge is 2.32. The summed E-state index contributed by atoms with van der Waals surface area (Å²) in [5.74, 6) is -1.000. The predicted molar refractivity (Wildman–Crippen MR) is 102 cm³/mol. The van der Waals surface area contributed by atoms with Gasteiger partial charge in [0.15, 0.2) is 0 Å². The molecule has 0 aliphatic carbocycles. The molecule has 0 saturated carbocycles. The fraction of sp³-hybridized carbons (Fsp3) is 0.600. The van der Waals surface area contributed by atoms with E-state index >= 15 is 0 Å². The van der Waals surface area contributed by atoms with Gasteiger partial charge in [0.2, 0.25) is 5.91 Å². The monoisotopic (exact) mass is 414 g/mol. The molecule has 1 saturated heterocycles. The number of para-hydroxylation sites is 1. The molecule has 7 nitrogen and oxygen atoms in total. The summed E-state index contributed by atoms with van der Waals surface area (Å²) in [5.41, 5.74) is 0.0662. The molecule has 0 bridgehead atoms. The first-order valence-electron chi connectivity index (χ1n) is 9.57. The third-order valence-electron chi connectivity index (χ3n) is 4.83. The molecular weight excluding hydrogens is 386 g/mol. The summed E-state index contributed by atoms with van der Waals surface area (Å²) in [7, 11) is 3.14. The third kappa shape index (κ3) is 6.64. The molecule has 1 aliphatic rings. The lowest BCUT2D eigenvalue weighted by Gasteiger charge is -2.35. The fourth-order valence-corrected chi connectivity index (χ4v) is 3.37. The Labute approximate surface area is 169 Å². The fourth-order valence-electron chi connectivity index (χ4n) is 3.37. The minimum Gasteiger partial charge on any atom is -0.434 e. The van der Waals surface area contributed by atoms with Crippen molar-refractivity contribution in [3.63, 3.8) is 0 Å². The number of benzene rings is 1. The Morgan fingerprint density at radius 1 is 1.17 bits per heavy atom. The Hall–Kier alpha value is -2.26. The maximum absolute atomic E-state index is 13.0. The van der Waals surface area contributed by atoms with E-state index < -0.39 is 12.5 Å². The summed E-state index contributed by atoms with van der Waals surface area (Å²) < 4.78 is 39.9. The standard InChI is InChI=1S/C20H28F2N2O5/c1-27-12-10-23(11-13-28-2)18(25)15-6-5-9-24(14-15)19(26)16-7-3-4-8-17(16)29-20(21)22/h3-4,7-8,15,20H,5-6,9-14H2,1-2H3. The molecule has 1 aromatic rings. The van der Waals surface area contributed by atoms with Crippen molar-refractivity contribution in [2.45, 2.75) is 19.5 Å². The highest BCUT2D eigenvalue weighted by molar-refractivity contribution is 5.97. The largest absolute Gasteiger partial charge is 0.434 e. The van der Waals surface area contributed by atoms with Crippen molar-refractivity contribution >= 4 is 11.8 Å². The number of halogens is 2. The molecule has 29 heavy (non-hydrogen) atoms. The van der Waals surface area contributed by atoms with Crippen molar-refractivity contribution in [1.82, 2.24) is 9.80 Å². The molecule has 9 heteroatoms. The van der Waals surface area contributed by atoms with Crippen LogP contribution >= 0.6 is 0 Å². The van der Waals surface area contributed by atoms with Crippen molar-refractivity contribution in [3.8, 4) is 5.75 Å². The number of piperidine rings is 1. The van der Waals surface area contributed by atoms with Gasteiger partial charge in [-0.3, -0.25) is 9.59 Å². The minimum atomic E-state index is -3.02. The van der Waals surface area contributed by atoms with Crippen LogP contribution in [0.25, 0.3) is 0 Å². The number of nitrogens with zero attached hydrogens (tertiary/aromatic N) is 2. The summed E-state index contributed by atoms with van der Waals surface area (Å²) in [6.07, 6.45) is 1.32. The second-order valence-corrected chi connectivity index (χ2v) is 6.78. The molecule has 1 unspecified atom stereocenters. The van der Waals surface area contributed by atoms with Crippen LogP contribution in [0.15, 0.2) is 24.3 Å². The van der Waals surface area contributed by atoms with Gasteiger partial charge in [-0.25, -0.2) is 0 Å². The second kappa shape index (κ2) is 11.7. The summed E-state index contributed by atoms with van der Waals surface area (Å²) in [5, 5.41) is 0. The highest BCUT2D eigenvalue weighted by Crippen LogP contribution is 2.25. The van der Waals surface area contributed by atoms with Crippen LogP contribution in [0.3, 0.4) is 0 Å². The van der Waals surface area contributed by atoms with Gasteiger partial charge in [-0.15, -0.1) is 0 Å². The molecule has 1 aromatic carbocycles. The van der Waals surface area contributed by atoms with E-state index in [4.69, 9.17) is 9.47 Å². The smallest absolute Gasteiger partial charge is 0.387 e. The summed E-state index contributed by atoms with van der Waals surface area (Å²) >= 11 is 0. The normalized spacial score (nSPS) is 16.7.